The molecule has 2 heterocycles. The highest BCUT2D eigenvalue weighted by Gasteiger charge is 2.33. The van der Waals surface area contributed by atoms with E-state index in [0.29, 0.717) is 17.4 Å². The van der Waals surface area contributed by atoms with Crippen LogP contribution in [0.15, 0.2) is 21.6 Å². The number of β-amino-alcohol motifs (C(OH)–C–C–N with tert-alkyl or cyclic N) is 1. The normalized spacial score (nSPS) is 21.2. The molecule has 9 heteroatoms. The number of hydrazine groups is 1. The van der Waals surface area contributed by atoms with Crippen molar-refractivity contribution in [2.45, 2.75) is 17.4 Å². The number of halogens is 1. The second-order valence-electron chi connectivity index (χ2n) is 3.95. The number of hydrogen-bond donors (Lipinski definition) is 3. The van der Waals surface area contributed by atoms with E-state index in [1.54, 1.807) is 0 Å². The molecule has 0 amide bonds. The van der Waals surface area contributed by atoms with Crippen LogP contribution >= 0.6 is 15.9 Å². The van der Waals surface area contributed by atoms with Gasteiger partial charge in [-0.1, -0.05) is 0 Å². The Morgan fingerprint density at radius 1 is 1.61 bits per heavy atom. The molecular weight excluding hydrogens is 324 g/mol. The van der Waals surface area contributed by atoms with Gasteiger partial charge in [-0.15, -0.1) is 0 Å². The second kappa shape index (κ2) is 5.10. The summed E-state index contributed by atoms with van der Waals surface area (Å²) in [5, 5.41) is 9.42. The largest absolute Gasteiger partial charge is 0.392 e. The molecule has 0 aromatic carbocycles. The summed E-state index contributed by atoms with van der Waals surface area (Å²) in [5.41, 5.74) is 2.26. The number of nitrogens with one attached hydrogen (secondary N) is 1. The molecule has 0 saturated carbocycles. The van der Waals surface area contributed by atoms with Crippen LogP contribution < -0.4 is 11.3 Å². The van der Waals surface area contributed by atoms with Gasteiger partial charge in [-0.05, 0) is 28.4 Å². The van der Waals surface area contributed by atoms with Crippen molar-refractivity contribution in [1.29, 1.82) is 0 Å². The monoisotopic (exact) mass is 336 g/mol. The van der Waals surface area contributed by atoms with Gasteiger partial charge in [0.25, 0.3) is 0 Å². The van der Waals surface area contributed by atoms with E-state index < -0.39 is 16.1 Å². The number of hydrogen-bond acceptors (Lipinski definition) is 6. The summed E-state index contributed by atoms with van der Waals surface area (Å²) in [6.45, 7) is 0.388. The van der Waals surface area contributed by atoms with E-state index >= 15 is 0 Å². The zero-order chi connectivity index (χ0) is 13.3. The van der Waals surface area contributed by atoms with Gasteiger partial charge in [-0.25, -0.2) is 19.2 Å². The Kier molecular flexibility index (Phi) is 3.87. The van der Waals surface area contributed by atoms with E-state index in [0.717, 1.165) is 0 Å². The lowest BCUT2D eigenvalue weighted by atomic mass is 10.3. The molecule has 1 saturated heterocycles. The third-order valence-corrected chi connectivity index (χ3v) is 5.01. The fraction of sp³-hybridized carbons (Fsp3) is 0.444. The first-order valence-corrected chi connectivity index (χ1v) is 7.49. The van der Waals surface area contributed by atoms with Gasteiger partial charge in [0.2, 0.25) is 10.0 Å². The van der Waals surface area contributed by atoms with Gasteiger partial charge in [-0.2, -0.15) is 4.31 Å². The number of aromatic nitrogens is 1. The van der Waals surface area contributed by atoms with Crippen molar-refractivity contribution in [2.75, 3.05) is 18.5 Å². The Labute approximate surface area is 113 Å². The van der Waals surface area contributed by atoms with Crippen LogP contribution in [0.1, 0.15) is 6.42 Å². The molecule has 1 aliphatic rings. The summed E-state index contributed by atoms with van der Waals surface area (Å²) >= 11 is 3.17. The number of sulfonamides is 1. The van der Waals surface area contributed by atoms with Crippen molar-refractivity contribution < 1.29 is 13.5 Å². The smallest absolute Gasteiger partial charge is 0.246 e. The standard InChI is InChI=1S/C9H13BrN4O3S/c10-6-3-8(9(13-11)12-4-6)18(16,17)14-2-1-7(15)5-14/h3-4,7,15H,1-2,5,11H2,(H,12,13). The molecule has 0 spiro atoms. The van der Waals surface area contributed by atoms with Gasteiger partial charge in [0.15, 0.2) is 5.82 Å². The van der Waals surface area contributed by atoms with Crippen molar-refractivity contribution >= 4 is 31.8 Å². The van der Waals surface area contributed by atoms with Crippen molar-refractivity contribution in [3.63, 3.8) is 0 Å². The highest BCUT2D eigenvalue weighted by Crippen LogP contribution is 2.27. The molecule has 1 aromatic rings. The second-order valence-corrected chi connectivity index (χ2v) is 6.77. The SMILES string of the molecule is NNc1ncc(Br)cc1S(=O)(=O)N1CCC(O)C1. The number of aliphatic hydroxyl groups is 1. The van der Waals surface area contributed by atoms with Gasteiger partial charge in [0.1, 0.15) is 4.90 Å². The lowest BCUT2D eigenvalue weighted by Crippen LogP contribution is -2.31. The van der Waals surface area contributed by atoms with Gasteiger partial charge in [0, 0.05) is 23.8 Å². The number of aliphatic hydroxyl groups excluding tert-OH is 1. The summed E-state index contributed by atoms with van der Waals surface area (Å²) in [6.07, 6.45) is 1.27. The molecule has 1 unspecified atom stereocenters. The molecule has 18 heavy (non-hydrogen) atoms. The highest BCUT2D eigenvalue weighted by atomic mass is 79.9. The summed E-state index contributed by atoms with van der Waals surface area (Å²) in [7, 11) is -3.70. The first kappa shape index (κ1) is 13.7. The Bertz CT molecular complexity index is 551. The maximum atomic E-state index is 12.4. The maximum Gasteiger partial charge on any atom is 0.246 e. The van der Waals surface area contributed by atoms with E-state index in [1.807, 2.05) is 0 Å². The minimum absolute atomic E-state index is 0.00604. The van der Waals surface area contributed by atoms with Crippen molar-refractivity contribution in [3.8, 4) is 0 Å². The molecule has 1 fully saturated rings. The van der Waals surface area contributed by atoms with E-state index in [2.05, 4.69) is 26.3 Å². The Hall–Kier alpha value is -0.740. The van der Waals surface area contributed by atoms with Crippen LogP contribution in [-0.4, -0.2) is 42.0 Å². The van der Waals surface area contributed by atoms with Gasteiger partial charge in [-0.3, -0.25) is 0 Å². The molecule has 2 rings (SSSR count). The van der Waals surface area contributed by atoms with Crippen molar-refractivity contribution in [2.24, 2.45) is 5.84 Å². The average molecular weight is 337 g/mol. The fourth-order valence-corrected chi connectivity index (χ4v) is 3.90. The van der Waals surface area contributed by atoms with E-state index in [9.17, 15) is 13.5 Å². The molecule has 0 aliphatic carbocycles. The van der Waals surface area contributed by atoms with Crippen LogP contribution in [0.3, 0.4) is 0 Å². The Balaban J connectivity index is 2.43. The quantitative estimate of drug-likeness (QED) is 0.524. The summed E-state index contributed by atoms with van der Waals surface area (Å²) in [6, 6.07) is 1.43. The van der Waals surface area contributed by atoms with Crippen LogP contribution in [0.25, 0.3) is 0 Å². The van der Waals surface area contributed by atoms with E-state index in [-0.39, 0.29) is 17.3 Å². The van der Waals surface area contributed by atoms with E-state index in [4.69, 9.17) is 5.84 Å². The number of rotatable bonds is 3. The van der Waals surface area contributed by atoms with Crippen molar-refractivity contribution in [3.05, 3.63) is 16.7 Å². The summed E-state index contributed by atoms with van der Waals surface area (Å²) < 4.78 is 26.5. The third-order valence-electron chi connectivity index (χ3n) is 2.70. The third kappa shape index (κ3) is 2.50. The lowest BCUT2D eigenvalue weighted by molar-refractivity contribution is 0.189. The lowest BCUT2D eigenvalue weighted by Gasteiger charge is -2.17. The number of nitrogens with zero attached hydrogens (tertiary/aromatic N) is 2. The van der Waals surface area contributed by atoms with Crippen LogP contribution in [0, 0.1) is 0 Å². The zero-order valence-corrected chi connectivity index (χ0v) is 11.8. The van der Waals surface area contributed by atoms with Crippen LogP contribution in [0.2, 0.25) is 0 Å². The molecule has 100 valence electrons. The first-order chi connectivity index (χ1) is 8.45. The molecular formula is C9H13BrN4O3S. The van der Waals surface area contributed by atoms with Gasteiger partial charge in [0.05, 0.1) is 6.10 Å². The zero-order valence-electron chi connectivity index (χ0n) is 9.38. The molecule has 7 nitrogen and oxygen atoms in total. The highest BCUT2D eigenvalue weighted by molar-refractivity contribution is 9.10. The molecule has 1 aliphatic heterocycles. The maximum absolute atomic E-state index is 12.4. The predicted octanol–water partition coefficient (Wildman–Crippen LogP) is -0.115. The van der Waals surface area contributed by atoms with Crippen molar-refractivity contribution in [1.82, 2.24) is 9.29 Å². The van der Waals surface area contributed by atoms with Gasteiger partial charge >= 0.3 is 0 Å². The summed E-state index contributed by atoms with van der Waals surface area (Å²) in [5.74, 6) is 5.35. The average Bonchev–Trinajstić information content (AvgIpc) is 2.76. The fourth-order valence-electron chi connectivity index (χ4n) is 1.79. The van der Waals surface area contributed by atoms with Crippen LogP contribution in [0.5, 0.6) is 0 Å². The molecule has 1 aromatic heterocycles. The minimum Gasteiger partial charge on any atom is -0.392 e. The number of nitrogens with two attached hydrogens (primary N) is 1. The first-order valence-electron chi connectivity index (χ1n) is 5.25. The van der Waals surface area contributed by atoms with E-state index in [1.165, 1.54) is 16.6 Å². The number of pyridine rings is 1. The molecule has 0 bridgehead atoms. The number of anilines is 1. The predicted molar refractivity (Wildman–Crippen MR) is 69.1 cm³/mol. The number of nitrogen functional groups attached to an aromatic ring is 1. The Morgan fingerprint density at radius 3 is 2.89 bits per heavy atom. The minimum atomic E-state index is -3.70. The Morgan fingerprint density at radius 2 is 2.33 bits per heavy atom. The van der Waals surface area contributed by atoms with Crippen LogP contribution in [-0.2, 0) is 10.0 Å². The molecule has 4 N–H and O–H groups in total. The summed E-state index contributed by atoms with van der Waals surface area (Å²) in [4.78, 5) is 3.90. The van der Waals surface area contributed by atoms with Gasteiger partial charge < -0.3 is 10.5 Å². The molecule has 0 radical (unpaired) electrons. The topological polar surface area (TPSA) is 109 Å². The molecule has 1 atom stereocenters. The van der Waals surface area contributed by atoms with Crippen LogP contribution in [0.4, 0.5) is 5.82 Å².